The number of fused-ring (bicyclic) bond motifs is 3. The number of aliphatic hydroxyl groups excluding tert-OH is 1. The number of nitriles is 1. The van der Waals surface area contributed by atoms with Crippen LogP contribution in [0.15, 0.2) is 17.5 Å². The van der Waals surface area contributed by atoms with E-state index in [0.29, 0.717) is 42.0 Å². The maximum Gasteiger partial charge on any atom is 0.228 e. The summed E-state index contributed by atoms with van der Waals surface area (Å²) in [5.74, 6) is 2.06. The first-order valence-corrected chi connectivity index (χ1v) is 12.1. The fraction of sp³-hybridized carbons (Fsp3) is 0.545. The second-order valence-corrected chi connectivity index (χ2v) is 9.59. The molecule has 0 aromatic carbocycles. The number of thiophene rings is 1. The molecule has 0 aliphatic carbocycles. The molecule has 10 heteroatoms. The molecule has 0 saturated carbocycles. The third-order valence-electron chi connectivity index (χ3n) is 6.81. The zero-order valence-corrected chi connectivity index (χ0v) is 19.0. The van der Waals surface area contributed by atoms with E-state index in [1.807, 2.05) is 11.4 Å². The highest BCUT2D eigenvalue weighted by Gasteiger charge is 2.39. The standard InChI is InChI=1S/C22H28N8OS/c1-29(17-11-15-4-2-5-16(12-17)30(15)8-3-7-23)22-25-20(18-6-9-32-21(18)26-22)24-19-10-14(13-31)27-28-19/h6,9-10,15-17,31H,2-5,8,11-13H2,1H3,(H2,24,25,26,27,28)/t15-,16+,17?. The third kappa shape index (κ3) is 4.03. The van der Waals surface area contributed by atoms with Crippen molar-refractivity contribution in [1.82, 2.24) is 25.1 Å². The Morgan fingerprint density at radius 1 is 1.34 bits per heavy atom. The van der Waals surface area contributed by atoms with E-state index in [0.717, 1.165) is 35.4 Å². The molecule has 2 bridgehead atoms. The maximum atomic E-state index is 9.30. The maximum absolute atomic E-state index is 9.30. The normalized spacial score (nSPS) is 23.2. The predicted octanol–water partition coefficient (Wildman–Crippen LogP) is 3.39. The summed E-state index contributed by atoms with van der Waals surface area (Å²) in [6.07, 6.45) is 6.44. The van der Waals surface area contributed by atoms with E-state index in [1.165, 1.54) is 19.3 Å². The first-order valence-electron chi connectivity index (χ1n) is 11.2. The Kier molecular flexibility index (Phi) is 5.95. The number of nitrogens with one attached hydrogen (secondary N) is 2. The molecule has 2 saturated heterocycles. The molecule has 0 radical (unpaired) electrons. The highest BCUT2D eigenvalue weighted by atomic mass is 32.1. The Morgan fingerprint density at radius 2 is 2.16 bits per heavy atom. The molecule has 32 heavy (non-hydrogen) atoms. The minimum absolute atomic E-state index is 0.0876. The molecule has 9 nitrogen and oxygen atoms in total. The van der Waals surface area contributed by atoms with Gasteiger partial charge in [-0.2, -0.15) is 15.3 Å². The van der Waals surface area contributed by atoms with Crippen LogP contribution in [0.25, 0.3) is 10.2 Å². The van der Waals surface area contributed by atoms with E-state index in [4.69, 9.17) is 15.2 Å². The summed E-state index contributed by atoms with van der Waals surface area (Å²) < 4.78 is 0. The van der Waals surface area contributed by atoms with Crippen LogP contribution in [0.1, 0.15) is 44.2 Å². The van der Waals surface area contributed by atoms with Gasteiger partial charge in [0.2, 0.25) is 5.95 Å². The molecule has 3 aromatic heterocycles. The summed E-state index contributed by atoms with van der Waals surface area (Å²) in [7, 11) is 2.10. The number of nitrogens with zero attached hydrogens (tertiary/aromatic N) is 6. The van der Waals surface area contributed by atoms with Crippen molar-refractivity contribution in [3.05, 3.63) is 23.2 Å². The largest absolute Gasteiger partial charge is 0.390 e. The Labute approximate surface area is 191 Å². The van der Waals surface area contributed by atoms with E-state index < -0.39 is 0 Å². The average Bonchev–Trinajstić information content (AvgIpc) is 3.46. The van der Waals surface area contributed by atoms with Gasteiger partial charge in [-0.1, -0.05) is 6.42 Å². The van der Waals surface area contributed by atoms with Gasteiger partial charge in [0, 0.05) is 44.2 Å². The lowest BCUT2D eigenvalue weighted by Gasteiger charge is -2.50. The van der Waals surface area contributed by atoms with Crippen molar-refractivity contribution < 1.29 is 5.11 Å². The fourth-order valence-corrected chi connectivity index (χ4v) is 5.96. The minimum Gasteiger partial charge on any atom is -0.390 e. The SMILES string of the molecule is CN(c1nc(Nc2cc(CO)[nH]n2)c2ccsc2n1)C1C[C@H]2CCC[C@@H](C1)N2CCC#N. The smallest absolute Gasteiger partial charge is 0.228 e. The van der Waals surface area contributed by atoms with Gasteiger partial charge in [0.25, 0.3) is 0 Å². The van der Waals surface area contributed by atoms with E-state index in [9.17, 15) is 5.11 Å². The van der Waals surface area contributed by atoms with Crippen LogP contribution in [0, 0.1) is 11.3 Å². The Hall–Kier alpha value is -2.74. The molecule has 0 spiro atoms. The van der Waals surface area contributed by atoms with Crippen molar-refractivity contribution in [2.75, 3.05) is 23.8 Å². The quantitative estimate of drug-likeness (QED) is 0.499. The monoisotopic (exact) mass is 452 g/mol. The van der Waals surface area contributed by atoms with Gasteiger partial charge in [-0.25, -0.2) is 4.98 Å². The third-order valence-corrected chi connectivity index (χ3v) is 7.61. The van der Waals surface area contributed by atoms with Crippen LogP contribution < -0.4 is 10.2 Å². The number of hydrogen-bond acceptors (Lipinski definition) is 9. The topological polar surface area (TPSA) is 117 Å². The number of aliphatic hydroxyl groups is 1. The molecule has 3 atom stereocenters. The summed E-state index contributed by atoms with van der Waals surface area (Å²) in [5, 5.41) is 31.6. The number of piperidine rings is 2. The van der Waals surface area contributed by atoms with Crippen LogP contribution in [0.5, 0.6) is 0 Å². The molecule has 0 amide bonds. The molecule has 3 aromatic rings. The number of aromatic nitrogens is 4. The van der Waals surface area contributed by atoms with Crippen molar-refractivity contribution in [2.45, 2.75) is 63.3 Å². The van der Waals surface area contributed by atoms with Crippen LogP contribution >= 0.6 is 11.3 Å². The molecular formula is C22H28N8OS. The Balaban J connectivity index is 1.39. The van der Waals surface area contributed by atoms with E-state index in [-0.39, 0.29) is 6.61 Å². The van der Waals surface area contributed by atoms with Crippen molar-refractivity contribution in [3.8, 4) is 6.07 Å². The highest BCUT2D eigenvalue weighted by molar-refractivity contribution is 7.16. The molecule has 2 fully saturated rings. The summed E-state index contributed by atoms with van der Waals surface area (Å²) in [5.41, 5.74) is 0.648. The van der Waals surface area contributed by atoms with Gasteiger partial charge in [-0.15, -0.1) is 11.3 Å². The Morgan fingerprint density at radius 3 is 2.88 bits per heavy atom. The minimum atomic E-state index is -0.0876. The zero-order valence-electron chi connectivity index (χ0n) is 18.2. The van der Waals surface area contributed by atoms with Crippen molar-refractivity contribution in [1.29, 1.82) is 5.26 Å². The first-order chi connectivity index (χ1) is 15.7. The van der Waals surface area contributed by atoms with Crippen LogP contribution in [-0.2, 0) is 6.61 Å². The van der Waals surface area contributed by atoms with E-state index in [2.05, 4.69) is 38.4 Å². The van der Waals surface area contributed by atoms with Gasteiger partial charge in [-0.3, -0.25) is 10.00 Å². The molecule has 1 unspecified atom stereocenters. The number of rotatable bonds is 7. The van der Waals surface area contributed by atoms with E-state index >= 15 is 0 Å². The van der Waals surface area contributed by atoms with Gasteiger partial charge in [0.1, 0.15) is 10.6 Å². The number of H-pyrrole nitrogens is 1. The van der Waals surface area contributed by atoms with Crippen molar-refractivity contribution in [2.24, 2.45) is 0 Å². The van der Waals surface area contributed by atoms with E-state index in [1.54, 1.807) is 17.4 Å². The fourth-order valence-electron chi connectivity index (χ4n) is 5.20. The second kappa shape index (κ2) is 9.02. The summed E-state index contributed by atoms with van der Waals surface area (Å²) in [6.45, 7) is 0.795. The molecular weight excluding hydrogens is 424 g/mol. The molecule has 3 N–H and O–H groups in total. The van der Waals surface area contributed by atoms with Gasteiger partial charge in [0.05, 0.1) is 23.8 Å². The number of hydrogen-bond donors (Lipinski definition) is 3. The van der Waals surface area contributed by atoms with Crippen LogP contribution in [-0.4, -0.2) is 61.9 Å². The summed E-state index contributed by atoms with van der Waals surface area (Å²) in [6, 6.07) is 7.55. The molecule has 5 rings (SSSR count). The lowest BCUT2D eigenvalue weighted by molar-refractivity contribution is 0.0326. The first kappa shape index (κ1) is 21.1. The number of anilines is 3. The van der Waals surface area contributed by atoms with Gasteiger partial charge in [-0.05, 0) is 37.1 Å². The summed E-state index contributed by atoms with van der Waals surface area (Å²) >= 11 is 1.60. The van der Waals surface area contributed by atoms with Crippen molar-refractivity contribution in [3.63, 3.8) is 0 Å². The zero-order chi connectivity index (χ0) is 22.1. The number of aromatic amines is 1. The second-order valence-electron chi connectivity index (χ2n) is 8.69. The lowest BCUT2D eigenvalue weighted by atomic mass is 9.81. The van der Waals surface area contributed by atoms with Gasteiger partial charge >= 0.3 is 0 Å². The average molecular weight is 453 g/mol. The van der Waals surface area contributed by atoms with Crippen LogP contribution in [0.4, 0.5) is 17.6 Å². The predicted molar refractivity (Wildman–Crippen MR) is 125 cm³/mol. The van der Waals surface area contributed by atoms with Crippen LogP contribution in [0.3, 0.4) is 0 Å². The molecule has 2 aliphatic rings. The lowest BCUT2D eigenvalue weighted by Crippen LogP contribution is -2.56. The summed E-state index contributed by atoms with van der Waals surface area (Å²) in [4.78, 5) is 15.5. The van der Waals surface area contributed by atoms with Crippen LogP contribution in [0.2, 0.25) is 0 Å². The highest BCUT2D eigenvalue weighted by Crippen LogP contribution is 2.37. The van der Waals surface area contributed by atoms with Gasteiger partial charge < -0.3 is 15.3 Å². The van der Waals surface area contributed by atoms with Crippen molar-refractivity contribution >= 4 is 39.1 Å². The van der Waals surface area contributed by atoms with Gasteiger partial charge in [0.15, 0.2) is 5.82 Å². The molecule has 2 aliphatic heterocycles. The molecule has 5 heterocycles. The Bertz CT molecular complexity index is 1110. The molecule has 168 valence electrons.